The number of rotatable bonds is 4. The summed E-state index contributed by atoms with van der Waals surface area (Å²) < 4.78 is 10.1. The van der Waals surface area contributed by atoms with Crippen molar-refractivity contribution in [1.29, 1.82) is 0 Å². The highest BCUT2D eigenvalue weighted by Gasteiger charge is 2.10. The summed E-state index contributed by atoms with van der Waals surface area (Å²) in [6.07, 6.45) is 0. The van der Waals surface area contributed by atoms with Gasteiger partial charge in [-0.1, -0.05) is 53.5 Å². The van der Waals surface area contributed by atoms with Crippen LogP contribution >= 0.6 is 35.1 Å². The van der Waals surface area contributed by atoms with Crippen molar-refractivity contribution in [3.8, 4) is 11.5 Å². The van der Waals surface area contributed by atoms with E-state index in [4.69, 9.17) is 39.8 Å². The molecule has 94 valence electrons. The summed E-state index contributed by atoms with van der Waals surface area (Å²) in [7, 11) is 0. The van der Waals surface area contributed by atoms with Crippen LogP contribution in [0, 0.1) is 0 Å². The van der Waals surface area contributed by atoms with Crippen LogP contribution in [0.2, 0.25) is 10.0 Å². The van der Waals surface area contributed by atoms with Gasteiger partial charge in [0.15, 0.2) is 5.75 Å². The molecule has 2 aromatic carbocycles. The van der Waals surface area contributed by atoms with E-state index in [2.05, 4.69) is 4.29 Å². The van der Waals surface area contributed by atoms with Gasteiger partial charge in [0, 0.05) is 12.1 Å². The van der Waals surface area contributed by atoms with E-state index in [1.807, 2.05) is 30.3 Å². The number of hydrogen-bond acceptors (Lipinski definition) is 2. The van der Waals surface area contributed by atoms with Crippen LogP contribution in [0.5, 0.6) is 11.5 Å². The van der Waals surface area contributed by atoms with Crippen LogP contribution in [0.1, 0.15) is 5.56 Å². The van der Waals surface area contributed by atoms with E-state index >= 15 is 0 Å². The minimum atomic E-state index is 0.229. The van der Waals surface area contributed by atoms with Gasteiger partial charge in [0.2, 0.25) is 0 Å². The lowest BCUT2D eigenvalue weighted by molar-refractivity contribution is 0.306. The molecule has 0 aliphatic rings. The Kier molecular flexibility index (Phi) is 4.59. The third kappa shape index (κ3) is 3.22. The highest BCUT2D eigenvalue weighted by Crippen LogP contribution is 2.37. The van der Waals surface area contributed by atoms with Crippen LogP contribution in [0.3, 0.4) is 0 Å². The van der Waals surface area contributed by atoms with Gasteiger partial charge in [-0.25, -0.2) is 0 Å². The van der Waals surface area contributed by atoms with Crippen molar-refractivity contribution in [1.82, 2.24) is 0 Å². The number of halogens is 3. The van der Waals surface area contributed by atoms with Gasteiger partial charge in [-0.15, -0.1) is 0 Å². The lowest BCUT2D eigenvalue weighted by atomic mass is 10.2. The third-order valence-corrected chi connectivity index (χ3v) is 3.01. The second kappa shape index (κ2) is 6.19. The monoisotopic (exact) mass is 302 g/mol. The molecule has 0 radical (unpaired) electrons. The average Bonchev–Trinajstić information content (AvgIpc) is 2.37. The quantitative estimate of drug-likeness (QED) is 0.782. The molecule has 2 aromatic rings. The largest absolute Gasteiger partial charge is 0.489 e. The predicted octanol–water partition coefficient (Wildman–Crippen LogP) is 5.11. The molecule has 2 rings (SSSR count). The Morgan fingerprint density at radius 3 is 2.11 bits per heavy atom. The van der Waals surface area contributed by atoms with Gasteiger partial charge in [-0.05, 0) is 5.56 Å². The summed E-state index contributed by atoms with van der Waals surface area (Å²) in [5.74, 6) is 0.790. The molecule has 0 atom stereocenters. The van der Waals surface area contributed by atoms with Gasteiger partial charge >= 0.3 is 0 Å². The first kappa shape index (κ1) is 13.3. The summed E-state index contributed by atoms with van der Waals surface area (Å²) in [6.45, 7) is 0.439. The van der Waals surface area contributed by atoms with Crippen molar-refractivity contribution in [3.63, 3.8) is 0 Å². The zero-order chi connectivity index (χ0) is 13.0. The third-order valence-electron chi connectivity index (χ3n) is 2.30. The maximum atomic E-state index is 5.94. The van der Waals surface area contributed by atoms with E-state index < -0.39 is 0 Å². The molecule has 0 saturated carbocycles. The van der Waals surface area contributed by atoms with E-state index in [0.29, 0.717) is 22.4 Å². The Bertz CT molecular complexity index is 506. The summed E-state index contributed by atoms with van der Waals surface area (Å²) in [6, 6.07) is 13.0. The number of hydrogen-bond donors (Lipinski definition) is 0. The maximum Gasteiger partial charge on any atom is 0.183 e. The number of benzene rings is 2. The van der Waals surface area contributed by atoms with E-state index in [-0.39, 0.29) is 5.75 Å². The minimum Gasteiger partial charge on any atom is -0.489 e. The van der Waals surface area contributed by atoms with Crippen molar-refractivity contribution in [2.45, 2.75) is 6.61 Å². The number of ether oxygens (including phenoxy) is 1. The normalized spacial score (nSPS) is 10.2. The van der Waals surface area contributed by atoms with E-state index in [9.17, 15) is 0 Å². The fourth-order valence-corrected chi connectivity index (χ4v) is 2.22. The highest BCUT2D eigenvalue weighted by atomic mass is 35.5. The van der Waals surface area contributed by atoms with Crippen LogP contribution in [0.15, 0.2) is 42.5 Å². The van der Waals surface area contributed by atoms with Crippen LogP contribution in [-0.4, -0.2) is 0 Å². The fourth-order valence-electron chi connectivity index (χ4n) is 1.43. The molecular weight excluding hydrogens is 294 g/mol. The Hall–Kier alpha value is -1.09. The molecule has 0 unspecified atom stereocenters. The smallest absolute Gasteiger partial charge is 0.183 e. The SMILES string of the molecule is ClOc1c(Cl)cc(OCc2ccccc2)cc1Cl. The zero-order valence-electron chi connectivity index (χ0n) is 9.20. The topological polar surface area (TPSA) is 18.5 Å². The van der Waals surface area contributed by atoms with Gasteiger partial charge in [-0.3, -0.25) is 0 Å². The Labute approximate surface area is 120 Å². The van der Waals surface area contributed by atoms with Crippen molar-refractivity contribution in [3.05, 3.63) is 58.1 Å². The molecule has 0 aliphatic carbocycles. The molecule has 0 N–H and O–H groups in total. The van der Waals surface area contributed by atoms with Gasteiger partial charge in [0.05, 0.1) is 10.0 Å². The fraction of sp³-hybridized carbons (Fsp3) is 0.0769. The molecule has 0 bridgehead atoms. The molecule has 0 aliphatic heterocycles. The first-order chi connectivity index (χ1) is 8.70. The zero-order valence-corrected chi connectivity index (χ0v) is 11.5. The van der Waals surface area contributed by atoms with Crippen LogP contribution in [0.4, 0.5) is 0 Å². The van der Waals surface area contributed by atoms with E-state index in [1.165, 1.54) is 0 Å². The lowest BCUT2D eigenvalue weighted by Gasteiger charge is -2.09. The van der Waals surface area contributed by atoms with Crippen molar-refractivity contribution < 1.29 is 9.03 Å². The summed E-state index contributed by atoms with van der Waals surface area (Å²) in [5, 5.41) is 0.612. The average molecular weight is 304 g/mol. The molecule has 18 heavy (non-hydrogen) atoms. The van der Waals surface area contributed by atoms with E-state index in [0.717, 1.165) is 5.56 Å². The Balaban J connectivity index is 2.11. The Morgan fingerprint density at radius 2 is 1.56 bits per heavy atom. The van der Waals surface area contributed by atoms with Crippen molar-refractivity contribution in [2.75, 3.05) is 0 Å². The summed E-state index contributed by atoms with van der Waals surface area (Å²) >= 11 is 17.1. The summed E-state index contributed by atoms with van der Waals surface area (Å²) in [5.41, 5.74) is 1.06. The predicted molar refractivity (Wildman–Crippen MR) is 73.7 cm³/mol. The molecule has 0 fully saturated rings. The van der Waals surface area contributed by atoms with Gasteiger partial charge in [0.1, 0.15) is 24.2 Å². The molecule has 2 nitrogen and oxygen atoms in total. The minimum absolute atomic E-state index is 0.229. The standard InChI is InChI=1S/C13H9Cl3O2/c14-11-6-10(7-12(15)13(11)18-16)17-8-9-4-2-1-3-5-9/h1-7H,8H2. The molecule has 5 heteroatoms. The Morgan fingerprint density at radius 1 is 0.944 bits per heavy atom. The second-order valence-corrected chi connectivity index (χ2v) is 4.54. The highest BCUT2D eigenvalue weighted by molar-refractivity contribution is 6.38. The maximum absolute atomic E-state index is 5.94. The van der Waals surface area contributed by atoms with Crippen LogP contribution in [0.25, 0.3) is 0 Å². The van der Waals surface area contributed by atoms with Crippen LogP contribution in [-0.2, 0) is 6.61 Å². The van der Waals surface area contributed by atoms with Crippen molar-refractivity contribution >= 4 is 35.1 Å². The van der Waals surface area contributed by atoms with Gasteiger partial charge in [-0.2, -0.15) is 0 Å². The summed E-state index contributed by atoms with van der Waals surface area (Å²) in [4.78, 5) is 0. The second-order valence-electron chi connectivity index (χ2n) is 3.57. The van der Waals surface area contributed by atoms with Crippen LogP contribution < -0.4 is 9.03 Å². The lowest BCUT2D eigenvalue weighted by Crippen LogP contribution is -1.95. The molecular formula is C13H9Cl3O2. The molecule has 0 saturated heterocycles. The molecule has 0 aromatic heterocycles. The molecule has 0 heterocycles. The van der Waals surface area contributed by atoms with Gasteiger partial charge in [0.25, 0.3) is 0 Å². The van der Waals surface area contributed by atoms with E-state index in [1.54, 1.807) is 12.1 Å². The van der Waals surface area contributed by atoms with Gasteiger partial charge < -0.3 is 9.03 Å². The van der Waals surface area contributed by atoms with Crippen molar-refractivity contribution in [2.24, 2.45) is 0 Å². The molecule has 0 amide bonds. The first-order valence-corrected chi connectivity index (χ1v) is 6.21. The molecule has 0 spiro atoms. The first-order valence-electron chi connectivity index (χ1n) is 5.15.